The lowest BCUT2D eigenvalue weighted by Gasteiger charge is -2.43. The van der Waals surface area contributed by atoms with Gasteiger partial charge in [0.2, 0.25) is 11.8 Å². The molecular weight excluding hydrogens is 339 g/mol. The molecule has 0 aliphatic carbocycles. The van der Waals surface area contributed by atoms with Gasteiger partial charge >= 0.3 is 0 Å². The van der Waals surface area contributed by atoms with E-state index >= 15 is 0 Å². The van der Waals surface area contributed by atoms with Crippen LogP contribution in [0.5, 0.6) is 0 Å². The van der Waals surface area contributed by atoms with Gasteiger partial charge in [0.15, 0.2) is 0 Å². The number of hydrogen-bond acceptors (Lipinski definition) is 4. The molecule has 1 fully saturated rings. The molecule has 6 nitrogen and oxygen atoms in total. The van der Waals surface area contributed by atoms with Crippen LogP contribution in [0.25, 0.3) is 0 Å². The number of nitrogens with zero attached hydrogens (tertiary/aromatic N) is 1. The number of hydrogen-bond donors (Lipinski definition) is 3. The van der Waals surface area contributed by atoms with Crippen molar-refractivity contribution < 1.29 is 9.59 Å². The van der Waals surface area contributed by atoms with Crippen molar-refractivity contribution >= 4 is 36.6 Å². The van der Waals surface area contributed by atoms with E-state index < -0.39 is 0 Å². The fraction of sp³-hybridized carbons (Fsp3) is 0.867. The van der Waals surface area contributed by atoms with E-state index in [0.29, 0.717) is 6.54 Å². The summed E-state index contributed by atoms with van der Waals surface area (Å²) in [4.78, 5) is 25.2. The standard InChI is InChI=1S/C15H30N4O2.2ClH/c1-4-12-6-5-7-19(10-12)15(2,3)11-18-14(21)9-17-13(20)8-16;;/h12H,4-11,16H2,1-3H3,(H,17,20)(H,18,21);2*1H. The van der Waals surface area contributed by atoms with Crippen molar-refractivity contribution in [2.24, 2.45) is 11.7 Å². The highest BCUT2D eigenvalue weighted by Gasteiger charge is 2.31. The van der Waals surface area contributed by atoms with E-state index in [-0.39, 0.29) is 55.3 Å². The summed E-state index contributed by atoms with van der Waals surface area (Å²) in [7, 11) is 0. The first-order chi connectivity index (χ1) is 9.89. The minimum absolute atomic E-state index is 0. The Bertz CT molecular complexity index is 367. The van der Waals surface area contributed by atoms with Crippen molar-refractivity contribution in [2.75, 3.05) is 32.7 Å². The molecule has 138 valence electrons. The number of carbonyl (C=O) groups excluding carboxylic acids is 2. The van der Waals surface area contributed by atoms with Crippen LogP contribution in [-0.4, -0.2) is 55.0 Å². The van der Waals surface area contributed by atoms with Crippen LogP contribution >= 0.6 is 24.8 Å². The molecule has 1 aliphatic heterocycles. The Labute approximate surface area is 152 Å². The summed E-state index contributed by atoms with van der Waals surface area (Å²) in [5.41, 5.74) is 5.11. The van der Waals surface area contributed by atoms with Gasteiger partial charge in [0, 0.05) is 18.6 Å². The van der Waals surface area contributed by atoms with Crippen LogP contribution in [0.3, 0.4) is 0 Å². The summed E-state index contributed by atoms with van der Waals surface area (Å²) in [5.74, 6) is 0.276. The predicted octanol–water partition coefficient (Wildman–Crippen LogP) is 0.922. The second kappa shape index (κ2) is 11.9. The van der Waals surface area contributed by atoms with Crippen LogP contribution < -0.4 is 16.4 Å². The molecule has 0 radical (unpaired) electrons. The normalized spacial score (nSPS) is 18.3. The molecular formula is C15H32Cl2N4O2. The van der Waals surface area contributed by atoms with Crippen LogP contribution in [0.1, 0.15) is 40.0 Å². The summed E-state index contributed by atoms with van der Waals surface area (Å²) < 4.78 is 0. The molecule has 4 N–H and O–H groups in total. The van der Waals surface area contributed by atoms with Gasteiger partial charge in [-0.25, -0.2) is 0 Å². The Balaban J connectivity index is 0. The van der Waals surface area contributed by atoms with Crippen molar-refractivity contribution in [1.82, 2.24) is 15.5 Å². The lowest BCUT2D eigenvalue weighted by Crippen LogP contribution is -2.55. The molecule has 0 saturated carbocycles. The quantitative estimate of drug-likeness (QED) is 0.621. The minimum atomic E-state index is -0.314. The third-order valence-corrected chi connectivity index (χ3v) is 4.30. The van der Waals surface area contributed by atoms with Crippen LogP contribution in [0.4, 0.5) is 0 Å². The molecule has 0 aromatic rings. The molecule has 1 heterocycles. The molecule has 1 atom stereocenters. The summed E-state index contributed by atoms with van der Waals surface area (Å²) >= 11 is 0. The lowest BCUT2D eigenvalue weighted by atomic mass is 9.91. The van der Waals surface area contributed by atoms with E-state index in [9.17, 15) is 9.59 Å². The average molecular weight is 371 g/mol. The van der Waals surface area contributed by atoms with Crippen LogP contribution in [-0.2, 0) is 9.59 Å². The van der Waals surface area contributed by atoms with E-state index in [2.05, 4.69) is 36.3 Å². The first-order valence-electron chi connectivity index (χ1n) is 7.87. The largest absolute Gasteiger partial charge is 0.353 e. The van der Waals surface area contributed by atoms with Gasteiger partial charge in [-0.1, -0.05) is 13.3 Å². The third-order valence-electron chi connectivity index (χ3n) is 4.30. The Morgan fingerprint density at radius 2 is 1.87 bits per heavy atom. The number of piperidine rings is 1. The zero-order valence-corrected chi connectivity index (χ0v) is 16.0. The maximum Gasteiger partial charge on any atom is 0.239 e. The van der Waals surface area contributed by atoms with E-state index in [1.54, 1.807) is 0 Å². The molecule has 0 aromatic carbocycles. The minimum Gasteiger partial charge on any atom is -0.353 e. The fourth-order valence-electron chi connectivity index (χ4n) is 2.69. The number of amides is 2. The van der Waals surface area contributed by atoms with Gasteiger partial charge in [-0.05, 0) is 39.2 Å². The van der Waals surface area contributed by atoms with Gasteiger partial charge in [-0.3, -0.25) is 14.5 Å². The first kappa shape index (κ1) is 24.7. The van der Waals surface area contributed by atoms with Crippen molar-refractivity contribution in [3.8, 4) is 0 Å². The maximum atomic E-state index is 11.7. The Hall–Kier alpha value is -0.560. The number of likely N-dealkylation sites (tertiary alicyclic amines) is 1. The molecule has 1 saturated heterocycles. The SMILES string of the molecule is CCC1CCCN(C(C)(C)CNC(=O)CNC(=O)CN)C1.Cl.Cl. The van der Waals surface area contributed by atoms with Gasteiger partial charge in [0.25, 0.3) is 0 Å². The average Bonchev–Trinajstić information content (AvgIpc) is 2.50. The number of rotatable bonds is 7. The van der Waals surface area contributed by atoms with Crippen LogP contribution in [0, 0.1) is 5.92 Å². The van der Waals surface area contributed by atoms with E-state index in [1.165, 1.54) is 19.3 Å². The monoisotopic (exact) mass is 370 g/mol. The Morgan fingerprint density at radius 3 is 2.43 bits per heavy atom. The van der Waals surface area contributed by atoms with Gasteiger partial charge in [-0.2, -0.15) is 0 Å². The smallest absolute Gasteiger partial charge is 0.239 e. The molecule has 1 rings (SSSR count). The number of nitrogens with two attached hydrogens (primary N) is 1. The molecule has 1 aliphatic rings. The molecule has 0 bridgehead atoms. The first-order valence-corrected chi connectivity index (χ1v) is 7.87. The molecule has 1 unspecified atom stereocenters. The van der Waals surface area contributed by atoms with Crippen molar-refractivity contribution in [1.29, 1.82) is 0 Å². The highest BCUT2D eigenvalue weighted by Crippen LogP contribution is 2.25. The molecule has 0 aromatic heterocycles. The van der Waals surface area contributed by atoms with Gasteiger partial charge in [0.1, 0.15) is 0 Å². The lowest BCUT2D eigenvalue weighted by molar-refractivity contribution is -0.125. The van der Waals surface area contributed by atoms with Crippen LogP contribution in [0.2, 0.25) is 0 Å². The topological polar surface area (TPSA) is 87.5 Å². The van der Waals surface area contributed by atoms with Gasteiger partial charge in [0.05, 0.1) is 13.1 Å². The number of carbonyl (C=O) groups is 2. The van der Waals surface area contributed by atoms with E-state index in [0.717, 1.165) is 19.0 Å². The second-order valence-electron chi connectivity index (χ2n) is 6.43. The Morgan fingerprint density at radius 1 is 1.22 bits per heavy atom. The second-order valence-corrected chi connectivity index (χ2v) is 6.43. The predicted molar refractivity (Wildman–Crippen MR) is 98.2 cm³/mol. The third kappa shape index (κ3) is 8.74. The van der Waals surface area contributed by atoms with E-state index in [1.807, 2.05) is 0 Å². The zero-order chi connectivity index (χ0) is 15.9. The zero-order valence-electron chi connectivity index (χ0n) is 14.4. The maximum absolute atomic E-state index is 11.7. The number of halogens is 2. The highest BCUT2D eigenvalue weighted by molar-refractivity contribution is 5.86. The summed E-state index contributed by atoms with van der Waals surface area (Å²) in [6.45, 7) is 9.22. The molecule has 0 spiro atoms. The fourth-order valence-corrected chi connectivity index (χ4v) is 2.69. The van der Waals surface area contributed by atoms with E-state index in [4.69, 9.17) is 5.73 Å². The molecule has 23 heavy (non-hydrogen) atoms. The van der Waals surface area contributed by atoms with Crippen molar-refractivity contribution in [3.05, 3.63) is 0 Å². The highest BCUT2D eigenvalue weighted by atomic mass is 35.5. The Kier molecular flexibility index (Phi) is 12.8. The summed E-state index contributed by atoms with van der Waals surface area (Å²) in [6.07, 6.45) is 3.74. The van der Waals surface area contributed by atoms with Crippen LogP contribution in [0.15, 0.2) is 0 Å². The van der Waals surface area contributed by atoms with Gasteiger partial charge < -0.3 is 16.4 Å². The van der Waals surface area contributed by atoms with Gasteiger partial charge in [-0.15, -0.1) is 24.8 Å². The van der Waals surface area contributed by atoms with Crippen molar-refractivity contribution in [3.63, 3.8) is 0 Å². The molecule has 2 amide bonds. The van der Waals surface area contributed by atoms with Crippen molar-refractivity contribution in [2.45, 2.75) is 45.6 Å². The molecule has 8 heteroatoms. The summed E-state index contributed by atoms with van der Waals surface area (Å²) in [5, 5.41) is 5.37. The number of nitrogens with one attached hydrogen (secondary N) is 2. The summed E-state index contributed by atoms with van der Waals surface area (Å²) in [6, 6.07) is 0.